The van der Waals surface area contributed by atoms with Gasteiger partial charge in [0.05, 0.1) is 18.3 Å². The average molecular weight is 341 g/mol. The Balaban J connectivity index is 1.53. The lowest BCUT2D eigenvalue weighted by atomic mass is 10.1. The molecule has 1 aromatic carbocycles. The van der Waals surface area contributed by atoms with Gasteiger partial charge in [-0.3, -0.25) is 9.48 Å². The van der Waals surface area contributed by atoms with Crippen molar-refractivity contribution in [1.82, 2.24) is 14.7 Å². The number of likely N-dealkylation sites (tertiary alicyclic amines) is 1. The first kappa shape index (κ1) is 16.0. The molecule has 2 aromatic rings. The summed E-state index contributed by atoms with van der Waals surface area (Å²) in [5, 5.41) is 4.54. The van der Waals surface area contributed by atoms with Crippen molar-refractivity contribution >= 4 is 5.91 Å². The van der Waals surface area contributed by atoms with E-state index < -0.39 is 0 Å². The highest BCUT2D eigenvalue weighted by atomic mass is 16.6. The summed E-state index contributed by atoms with van der Waals surface area (Å²) in [6.07, 6.45) is 2.04. The van der Waals surface area contributed by atoms with Gasteiger partial charge in [0.25, 0.3) is 5.91 Å². The quantitative estimate of drug-likeness (QED) is 0.861. The minimum absolute atomic E-state index is 0.0565. The average Bonchev–Trinajstić information content (AvgIpc) is 3.20. The molecule has 0 saturated carbocycles. The van der Waals surface area contributed by atoms with E-state index in [1.54, 1.807) is 6.07 Å². The second-order valence-corrected chi connectivity index (χ2v) is 6.76. The lowest BCUT2D eigenvalue weighted by molar-refractivity contribution is 0.0720. The molecule has 6 nitrogen and oxygen atoms in total. The molecule has 1 atom stereocenters. The monoisotopic (exact) mass is 341 g/mol. The van der Waals surface area contributed by atoms with E-state index in [4.69, 9.17) is 9.47 Å². The fraction of sp³-hybridized carbons (Fsp3) is 0.474. The van der Waals surface area contributed by atoms with Gasteiger partial charge in [-0.1, -0.05) is 0 Å². The normalized spacial score (nSPS) is 19.3. The van der Waals surface area contributed by atoms with Gasteiger partial charge >= 0.3 is 0 Å². The first-order valence-corrected chi connectivity index (χ1v) is 8.83. The van der Waals surface area contributed by atoms with Crippen molar-refractivity contribution in [2.45, 2.75) is 39.3 Å². The standard InChI is InChI=1S/C19H23N3O3/c1-13-10-14(2)22(20-13)12-16-4-3-7-21(16)19(23)15-5-6-17-18(11-15)25-9-8-24-17/h5-6,10-11,16H,3-4,7-9,12H2,1-2H3. The molecule has 132 valence electrons. The van der Waals surface area contributed by atoms with Crippen molar-refractivity contribution < 1.29 is 14.3 Å². The van der Waals surface area contributed by atoms with E-state index in [0.717, 1.165) is 37.3 Å². The second kappa shape index (κ2) is 6.43. The highest BCUT2D eigenvalue weighted by Gasteiger charge is 2.30. The van der Waals surface area contributed by atoms with E-state index in [-0.39, 0.29) is 11.9 Å². The molecule has 0 bridgehead atoms. The van der Waals surface area contributed by atoms with Crippen LogP contribution in [0.2, 0.25) is 0 Å². The molecule has 2 aliphatic rings. The number of carbonyl (C=O) groups excluding carboxylic acids is 1. The molecule has 0 N–H and O–H groups in total. The summed E-state index contributed by atoms with van der Waals surface area (Å²) in [7, 11) is 0. The van der Waals surface area contributed by atoms with Crippen LogP contribution in [0.25, 0.3) is 0 Å². The maximum absolute atomic E-state index is 13.0. The fourth-order valence-corrected chi connectivity index (χ4v) is 3.69. The first-order chi connectivity index (χ1) is 12.1. The molecule has 0 radical (unpaired) electrons. The lowest BCUT2D eigenvalue weighted by Gasteiger charge is -2.26. The molecule has 0 aliphatic carbocycles. The molecule has 1 fully saturated rings. The summed E-state index contributed by atoms with van der Waals surface area (Å²) >= 11 is 0. The molecule has 25 heavy (non-hydrogen) atoms. The lowest BCUT2D eigenvalue weighted by Crippen LogP contribution is -2.38. The van der Waals surface area contributed by atoms with Crippen LogP contribution in [0.1, 0.15) is 34.6 Å². The van der Waals surface area contributed by atoms with E-state index in [1.807, 2.05) is 28.6 Å². The van der Waals surface area contributed by atoms with E-state index in [0.29, 0.717) is 30.3 Å². The second-order valence-electron chi connectivity index (χ2n) is 6.76. The number of hydrogen-bond acceptors (Lipinski definition) is 4. The number of carbonyl (C=O) groups is 1. The summed E-state index contributed by atoms with van der Waals surface area (Å²) < 4.78 is 13.2. The van der Waals surface area contributed by atoms with Gasteiger partial charge in [0.15, 0.2) is 11.5 Å². The number of fused-ring (bicyclic) bond motifs is 1. The summed E-state index contributed by atoms with van der Waals surface area (Å²) in [6, 6.07) is 7.71. The van der Waals surface area contributed by atoms with Gasteiger partial charge in [-0.2, -0.15) is 5.10 Å². The number of amides is 1. The van der Waals surface area contributed by atoms with Crippen LogP contribution >= 0.6 is 0 Å². The maximum Gasteiger partial charge on any atom is 0.254 e. The van der Waals surface area contributed by atoms with Crippen LogP contribution < -0.4 is 9.47 Å². The van der Waals surface area contributed by atoms with Crippen molar-refractivity contribution in [2.75, 3.05) is 19.8 Å². The Labute approximate surface area is 147 Å². The third-order valence-corrected chi connectivity index (χ3v) is 4.91. The van der Waals surface area contributed by atoms with E-state index in [1.165, 1.54) is 0 Å². The number of hydrogen-bond donors (Lipinski definition) is 0. The first-order valence-electron chi connectivity index (χ1n) is 8.83. The molecule has 6 heteroatoms. The van der Waals surface area contributed by atoms with Gasteiger partial charge in [-0.05, 0) is 51.0 Å². The van der Waals surface area contributed by atoms with Crippen LogP contribution in [0, 0.1) is 13.8 Å². The predicted octanol–water partition coefficient (Wildman–Crippen LogP) is 2.58. The molecule has 1 aromatic heterocycles. The Hall–Kier alpha value is -2.50. The third-order valence-electron chi connectivity index (χ3n) is 4.91. The maximum atomic E-state index is 13.0. The third kappa shape index (κ3) is 3.08. The van der Waals surface area contributed by atoms with Gasteiger partial charge in [0.1, 0.15) is 13.2 Å². The Morgan fingerprint density at radius 1 is 1.20 bits per heavy atom. The van der Waals surface area contributed by atoms with Gasteiger partial charge in [-0.25, -0.2) is 0 Å². The summed E-state index contributed by atoms with van der Waals surface area (Å²) in [4.78, 5) is 15.0. The van der Waals surface area contributed by atoms with Crippen LogP contribution in [0.3, 0.4) is 0 Å². The minimum atomic E-state index is 0.0565. The van der Waals surface area contributed by atoms with Gasteiger partial charge in [-0.15, -0.1) is 0 Å². The van der Waals surface area contributed by atoms with Crippen LogP contribution in [-0.4, -0.2) is 46.4 Å². The topological polar surface area (TPSA) is 56.6 Å². The van der Waals surface area contributed by atoms with Crippen LogP contribution in [0.15, 0.2) is 24.3 Å². The summed E-state index contributed by atoms with van der Waals surface area (Å²) in [5.74, 6) is 1.43. The highest BCUT2D eigenvalue weighted by Crippen LogP contribution is 2.32. The number of ether oxygens (including phenoxy) is 2. The van der Waals surface area contributed by atoms with Crippen molar-refractivity contribution in [3.05, 3.63) is 41.2 Å². The van der Waals surface area contributed by atoms with Gasteiger partial charge in [0.2, 0.25) is 0 Å². The van der Waals surface area contributed by atoms with E-state index >= 15 is 0 Å². The highest BCUT2D eigenvalue weighted by molar-refractivity contribution is 5.95. The Kier molecular flexibility index (Phi) is 4.11. The molecule has 0 spiro atoms. The Bertz CT molecular complexity index is 799. The zero-order valence-corrected chi connectivity index (χ0v) is 14.7. The molecular weight excluding hydrogens is 318 g/mol. The molecule has 1 amide bonds. The SMILES string of the molecule is Cc1cc(C)n(CC2CCCN2C(=O)c2ccc3c(c2)OCCO3)n1. The molecule has 3 heterocycles. The molecular formula is C19H23N3O3. The van der Waals surface area contributed by atoms with Crippen molar-refractivity contribution in [3.8, 4) is 11.5 Å². The van der Waals surface area contributed by atoms with Crippen LogP contribution in [-0.2, 0) is 6.54 Å². The smallest absolute Gasteiger partial charge is 0.254 e. The fourth-order valence-electron chi connectivity index (χ4n) is 3.69. The van der Waals surface area contributed by atoms with Crippen LogP contribution in [0.4, 0.5) is 0 Å². The number of nitrogens with zero attached hydrogens (tertiary/aromatic N) is 3. The van der Waals surface area contributed by atoms with Crippen molar-refractivity contribution in [3.63, 3.8) is 0 Å². The molecule has 2 aliphatic heterocycles. The summed E-state index contributed by atoms with van der Waals surface area (Å²) in [5.41, 5.74) is 2.81. The minimum Gasteiger partial charge on any atom is -0.486 e. The van der Waals surface area contributed by atoms with Gasteiger partial charge < -0.3 is 14.4 Å². The largest absolute Gasteiger partial charge is 0.486 e. The number of aromatic nitrogens is 2. The number of aryl methyl sites for hydroxylation is 2. The van der Waals surface area contributed by atoms with Crippen molar-refractivity contribution in [2.24, 2.45) is 0 Å². The number of rotatable bonds is 3. The zero-order chi connectivity index (χ0) is 17.4. The van der Waals surface area contributed by atoms with Crippen molar-refractivity contribution in [1.29, 1.82) is 0 Å². The Morgan fingerprint density at radius 3 is 2.76 bits per heavy atom. The van der Waals surface area contributed by atoms with E-state index in [9.17, 15) is 4.79 Å². The molecule has 1 unspecified atom stereocenters. The van der Waals surface area contributed by atoms with E-state index in [2.05, 4.69) is 18.1 Å². The Morgan fingerprint density at radius 2 is 2.00 bits per heavy atom. The van der Waals surface area contributed by atoms with Gasteiger partial charge in [0, 0.05) is 17.8 Å². The molecule has 4 rings (SSSR count). The number of benzene rings is 1. The molecule has 1 saturated heterocycles. The summed E-state index contributed by atoms with van der Waals surface area (Å²) in [6.45, 7) is 6.66. The van der Waals surface area contributed by atoms with Crippen LogP contribution in [0.5, 0.6) is 11.5 Å². The predicted molar refractivity (Wildman–Crippen MR) is 93.2 cm³/mol. The zero-order valence-electron chi connectivity index (χ0n) is 14.7.